The van der Waals surface area contributed by atoms with Gasteiger partial charge in [0.05, 0.1) is 25.9 Å². The van der Waals surface area contributed by atoms with Gasteiger partial charge in [0.2, 0.25) is 6.08 Å². The molecule has 0 fully saturated rings. The minimum absolute atomic E-state index is 0.126. The molecule has 0 aliphatic heterocycles. The van der Waals surface area contributed by atoms with Crippen LogP contribution in [0.1, 0.15) is 13.8 Å². The minimum Gasteiger partial charge on any atom is -0.309 e. The van der Waals surface area contributed by atoms with Crippen molar-refractivity contribution in [2.75, 3.05) is 25.9 Å². The first-order valence-corrected chi connectivity index (χ1v) is 5.83. The summed E-state index contributed by atoms with van der Waals surface area (Å²) in [5, 5.41) is 0. The fourth-order valence-electron chi connectivity index (χ4n) is 0.778. The Hall–Kier alpha value is -0.470. The highest BCUT2D eigenvalue weighted by molar-refractivity contribution is 7.53. The van der Waals surface area contributed by atoms with E-state index in [1.165, 1.54) is 6.08 Å². The molecule has 13 heavy (non-hydrogen) atoms. The molecule has 0 rings (SSSR count). The van der Waals surface area contributed by atoms with E-state index in [1.807, 2.05) is 0 Å². The Labute approximate surface area is 77.7 Å². The van der Waals surface area contributed by atoms with Crippen LogP contribution in [0.4, 0.5) is 0 Å². The summed E-state index contributed by atoms with van der Waals surface area (Å²) >= 11 is 0. The molecule has 0 aromatic heterocycles. The number of hydrogen-bond acceptors (Lipinski definition) is 5. The van der Waals surface area contributed by atoms with Crippen LogP contribution in [0, 0.1) is 0 Å². The van der Waals surface area contributed by atoms with Crippen LogP contribution >= 0.6 is 7.60 Å². The Morgan fingerprint density at radius 1 is 1.31 bits per heavy atom. The van der Waals surface area contributed by atoms with Gasteiger partial charge in [-0.25, -0.2) is 9.79 Å². The largest absolute Gasteiger partial charge is 0.332 e. The van der Waals surface area contributed by atoms with Gasteiger partial charge in [-0.05, 0) is 13.8 Å². The smallest absolute Gasteiger partial charge is 0.309 e. The molecule has 0 N–H and O–H groups in total. The number of carbonyl (C=O) groups excluding carboxylic acids is 1. The lowest BCUT2D eigenvalue weighted by Gasteiger charge is -2.15. The quantitative estimate of drug-likeness (QED) is 0.361. The summed E-state index contributed by atoms with van der Waals surface area (Å²) in [6, 6.07) is 0. The van der Waals surface area contributed by atoms with Crippen LogP contribution in [0.15, 0.2) is 4.99 Å². The Morgan fingerprint density at radius 2 is 1.85 bits per heavy atom. The first kappa shape index (κ1) is 12.5. The molecule has 0 aromatic rings. The zero-order valence-electron chi connectivity index (χ0n) is 7.86. The molecule has 0 spiro atoms. The molecule has 0 saturated heterocycles. The molecule has 0 saturated carbocycles. The predicted molar refractivity (Wildman–Crippen MR) is 48.7 cm³/mol. The normalized spacial score (nSPS) is 10.9. The Morgan fingerprint density at radius 3 is 2.23 bits per heavy atom. The summed E-state index contributed by atoms with van der Waals surface area (Å²) in [7, 11) is -3.02. The van der Waals surface area contributed by atoms with Crippen LogP contribution in [0.25, 0.3) is 0 Å². The van der Waals surface area contributed by atoms with Crippen LogP contribution in [-0.4, -0.2) is 32.0 Å². The van der Waals surface area contributed by atoms with Gasteiger partial charge in [-0.15, -0.1) is 0 Å². The third-order valence-electron chi connectivity index (χ3n) is 1.20. The van der Waals surface area contributed by atoms with E-state index in [0.29, 0.717) is 13.2 Å². The number of hydrogen-bond donors (Lipinski definition) is 0. The molecular weight excluding hydrogens is 193 g/mol. The maximum atomic E-state index is 11.7. The number of isocyanates is 1. The lowest BCUT2D eigenvalue weighted by atomic mass is 10.8. The van der Waals surface area contributed by atoms with Gasteiger partial charge in [-0.3, -0.25) is 4.57 Å². The number of nitrogens with zero attached hydrogens (tertiary/aromatic N) is 1. The Bertz CT molecular complexity index is 215. The summed E-state index contributed by atoms with van der Waals surface area (Å²) in [6.45, 7) is 4.23. The molecule has 0 bridgehead atoms. The van der Waals surface area contributed by atoms with Crippen molar-refractivity contribution in [3.63, 3.8) is 0 Å². The van der Waals surface area contributed by atoms with Gasteiger partial charge in [0.1, 0.15) is 0 Å². The van der Waals surface area contributed by atoms with E-state index in [1.54, 1.807) is 13.8 Å². The van der Waals surface area contributed by atoms with Crippen molar-refractivity contribution in [1.29, 1.82) is 0 Å². The van der Waals surface area contributed by atoms with Crippen LogP contribution < -0.4 is 0 Å². The van der Waals surface area contributed by atoms with E-state index in [9.17, 15) is 9.36 Å². The summed E-state index contributed by atoms with van der Waals surface area (Å²) < 4.78 is 21.6. The third kappa shape index (κ3) is 5.72. The molecule has 0 unspecified atom stereocenters. The summed E-state index contributed by atoms with van der Waals surface area (Å²) in [4.78, 5) is 13.0. The zero-order valence-corrected chi connectivity index (χ0v) is 8.75. The molecule has 0 atom stereocenters. The van der Waals surface area contributed by atoms with Crippen molar-refractivity contribution < 1.29 is 18.4 Å². The van der Waals surface area contributed by atoms with Gasteiger partial charge >= 0.3 is 7.60 Å². The topological polar surface area (TPSA) is 65.0 Å². The van der Waals surface area contributed by atoms with Crippen LogP contribution in [0.3, 0.4) is 0 Å². The van der Waals surface area contributed by atoms with Gasteiger partial charge in [0.15, 0.2) is 0 Å². The molecule has 0 heterocycles. The standard InChI is InChI=1S/C7H14NO4P/c1-3-11-13(10,12-4-2)6-5-8-7-9/h3-6H2,1-2H3. The number of rotatable bonds is 7. The molecule has 0 aromatic carbocycles. The van der Waals surface area contributed by atoms with E-state index in [4.69, 9.17) is 9.05 Å². The zero-order chi connectivity index (χ0) is 10.2. The van der Waals surface area contributed by atoms with E-state index in [0.717, 1.165) is 0 Å². The minimum atomic E-state index is -3.02. The number of aliphatic imine (C=N–C) groups is 1. The highest BCUT2D eigenvalue weighted by Crippen LogP contribution is 2.47. The fourth-order valence-corrected chi connectivity index (χ4v) is 2.24. The van der Waals surface area contributed by atoms with Crippen LogP contribution in [0.2, 0.25) is 0 Å². The summed E-state index contributed by atoms with van der Waals surface area (Å²) in [5.74, 6) is 0. The lowest BCUT2D eigenvalue weighted by Crippen LogP contribution is -2.02. The van der Waals surface area contributed by atoms with Crippen molar-refractivity contribution in [3.05, 3.63) is 0 Å². The third-order valence-corrected chi connectivity index (χ3v) is 3.25. The second-order valence-electron chi connectivity index (χ2n) is 2.14. The molecular formula is C7H14NO4P. The first-order valence-electron chi connectivity index (χ1n) is 4.10. The molecule has 5 nitrogen and oxygen atoms in total. The molecule has 0 amide bonds. The summed E-state index contributed by atoms with van der Waals surface area (Å²) in [5.41, 5.74) is 0. The molecule has 0 radical (unpaired) electrons. The highest BCUT2D eigenvalue weighted by atomic mass is 31.2. The average Bonchev–Trinajstić information content (AvgIpc) is 2.05. The van der Waals surface area contributed by atoms with E-state index >= 15 is 0 Å². The molecule has 76 valence electrons. The van der Waals surface area contributed by atoms with E-state index < -0.39 is 7.60 Å². The molecule has 0 aliphatic carbocycles. The van der Waals surface area contributed by atoms with Crippen molar-refractivity contribution in [2.24, 2.45) is 4.99 Å². The van der Waals surface area contributed by atoms with Crippen LogP contribution in [-0.2, 0) is 18.4 Å². The monoisotopic (exact) mass is 207 g/mol. The fraction of sp³-hybridized carbons (Fsp3) is 0.857. The average molecular weight is 207 g/mol. The second-order valence-corrected chi connectivity index (χ2v) is 4.33. The van der Waals surface area contributed by atoms with Crippen molar-refractivity contribution in [2.45, 2.75) is 13.8 Å². The molecule has 6 heteroatoms. The van der Waals surface area contributed by atoms with Gasteiger partial charge in [-0.1, -0.05) is 0 Å². The maximum absolute atomic E-state index is 11.7. The highest BCUT2D eigenvalue weighted by Gasteiger charge is 2.22. The van der Waals surface area contributed by atoms with Gasteiger partial charge < -0.3 is 9.05 Å². The van der Waals surface area contributed by atoms with E-state index in [2.05, 4.69) is 4.99 Å². The Balaban J connectivity index is 4.06. The van der Waals surface area contributed by atoms with Gasteiger partial charge in [0, 0.05) is 0 Å². The van der Waals surface area contributed by atoms with Crippen molar-refractivity contribution in [3.8, 4) is 0 Å². The van der Waals surface area contributed by atoms with E-state index in [-0.39, 0.29) is 12.7 Å². The first-order chi connectivity index (χ1) is 6.18. The SMILES string of the molecule is CCOP(=O)(CCN=C=O)OCC. The van der Waals surface area contributed by atoms with Crippen LogP contribution in [0.5, 0.6) is 0 Å². The maximum Gasteiger partial charge on any atom is 0.332 e. The van der Waals surface area contributed by atoms with Gasteiger partial charge in [-0.2, -0.15) is 0 Å². The Kier molecular flexibility index (Phi) is 6.73. The van der Waals surface area contributed by atoms with Crippen molar-refractivity contribution in [1.82, 2.24) is 0 Å². The lowest BCUT2D eigenvalue weighted by molar-refractivity contribution is 0.221. The molecule has 0 aliphatic rings. The summed E-state index contributed by atoms with van der Waals surface area (Å²) in [6.07, 6.45) is 1.50. The second kappa shape index (κ2) is 6.98. The predicted octanol–water partition coefficient (Wildman–Crippen LogP) is 1.59. The van der Waals surface area contributed by atoms with Crippen molar-refractivity contribution >= 4 is 13.7 Å². The van der Waals surface area contributed by atoms with Gasteiger partial charge in [0.25, 0.3) is 0 Å².